The van der Waals surface area contributed by atoms with Crippen molar-refractivity contribution >= 4 is 0 Å². The highest BCUT2D eigenvalue weighted by Gasteiger charge is 2.00. The predicted octanol–water partition coefficient (Wildman–Crippen LogP) is 6.14. The summed E-state index contributed by atoms with van der Waals surface area (Å²) in [6.07, 6.45) is 14.0. The molecule has 2 aromatic rings. The van der Waals surface area contributed by atoms with Crippen molar-refractivity contribution in [1.29, 1.82) is 0 Å². The number of phenolic OH excluding ortho intramolecular Hbond substituents is 1. The maximum atomic E-state index is 9.33. The molecule has 0 fully saturated rings. The molecular weight excluding hydrogens is 282 g/mol. The Balaban J connectivity index is 1.68. The molecule has 0 saturated carbocycles. The molecule has 0 bridgehead atoms. The molecule has 0 saturated heterocycles. The molecule has 23 heavy (non-hydrogen) atoms. The van der Waals surface area contributed by atoms with E-state index in [0.717, 1.165) is 17.7 Å². The molecular formula is C21H29NO. The summed E-state index contributed by atoms with van der Waals surface area (Å²) in [5.74, 6) is 0.292. The van der Waals surface area contributed by atoms with Gasteiger partial charge in [0.1, 0.15) is 5.75 Å². The minimum absolute atomic E-state index is 0.292. The summed E-state index contributed by atoms with van der Waals surface area (Å²) in [6.45, 7) is 2.26. The smallest absolute Gasteiger partial charge is 0.115 e. The Kier molecular flexibility index (Phi) is 7.65. The fourth-order valence-electron chi connectivity index (χ4n) is 2.84. The van der Waals surface area contributed by atoms with Gasteiger partial charge in [0.05, 0.1) is 5.69 Å². The van der Waals surface area contributed by atoms with Crippen LogP contribution in [-0.2, 0) is 6.42 Å². The van der Waals surface area contributed by atoms with Gasteiger partial charge in [-0.1, -0.05) is 57.9 Å². The SMILES string of the molecule is CCCCCCCCCCc1ccc(-c2ccc(O)cc2)nc1. The number of nitrogens with zero attached hydrogens (tertiary/aromatic N) is 1. The third-order valence-electron chi connectivity index (χ3n) is 4.31. The number of hydrogen-bond donors (Lipinski definition) is 1. The topological polar surface area (TPSA) is 33.1 Å². The van der Waals surface area contributed by atoms with Gasteiger partial charge in [0.25, 0.3) is 0 Å². The second-order valence-electron chi connectivity index (χ2n) is 6.32. The summed E-state index contributed by atoms with van der Waals surface area (Å²) in [5, 5.41) is 9.33. The van der Waals surface area contributed by atoms with Crippen LogP contribution in [0.2, 0.25) is 0 Å². The maximum Gasteiger partial charge on any atom is 0.115 e. The lowest BCUT2D eigenvalue weighted by Crippen LogP contribution is -1.90. The van der Waals surface area contributed by atoms with Gasteiger partial charge in [0.2, 0.25) is 0 Å². The molecule has 2 nitrogen and oxygen atoms in total. The summed E-state index contributed by atoms with van der Waals surface area (Å²) in [5.41, 5.74) is 3.32. The van der Waals surface area contributed by atoms with Crippen LogP contribution < -0.4 is 0 Å². The Morgan fingerprint density at radius 2 is 1.43 bits per heavy atom. The Bertz CT molecular complexity index is 545. The highest BCUT2D eigenvalue weighted by Crippen LogP contribution is 2.20. The Morgan fingerprint density at radius 3 is 2.04 bits per heavy atom. The lowest BCUT2D eigenvalue weighted by Gasteiger charge is -2.05. The van der Waals surface area contributed by atoms with Crippen molar-refractivity contribution in [3.8, 4) is 17.0 Å². The molecule has 0 radical (unpaired) electrons. The van der Waals surface area contributed by atoms with Gasteiger partial charge in [-0.3, -0.25) is 4.98 Å². The zero-order valence-corrected chi connectivity index (χ0v) is 14.3. The van der Waals surface area contributed by atoms with Crippen molar-refractivity contribution in [3.05, 3.63) is 48.2 Å². The van der Waals surface area contributed by atoms with Crippen LogP contribution in [-0.4, -0.2) is 10.1 Å². The Morgan fingerprint density at radius 1 is 0.783 bits per heavy atom. The molecule has 1 N–H and O–H groups in total. The monoisotopic (exact) mass is 311 g/mol. The van der Waals surface area contributed by atoms with Crippen LogP contribution >= 0.6 is 0 Å². The van der Waals surface area contributed by atoms with Crippen molar-refractivity contribution in [2.75, 3.05) is 0 Å². The quantitative estimate of drug-likeness (QED) is 0.535. The van der Waals surface area contributed by atoms with Crippen LogP contribution in [0.25, 0.3) is 11.3 Å². The predicted molar refractivity (Wildman–Crippen MR) is 97.7 cm³/mol. The zero-order chi connectivity index (χ0) is 16.3. The van der Waals surface area contributed by atoms with E-state index < -0.39 is 0 Å². The molecule has 0 amide bonds. The first-order chi connectivity index (χ1) is 11.3. The number of unbranched alkanes of at least 4 members (excludes halogenated alkanes) is 7. The summed E-state index contributed by atoms with van der Waals surface area (Å²) in [6, 6.07) is 11.4. The zero-order valence-electron chi connectivity index (χ0n) is 14.3. The third kappa shape index (κ3) is 6.43. The van der Waals surface area contributed by atoms with E-state index in [9.17, 15) is 5.11 Å². The molecule has 0 aliphatic heterocycles. The highest BCUT2D eigenvalue weighted by atomic mass is 16.3. The molecule has 0 spiro atoms. The lowest BCUT2D eigenvalue weighted by atomic mass is 10.0. The Labute approximate surface area is 140 Å². The Hall–Kier alpha value is -1.83. The van der Waals surface area contributed by atoms with Gasteiger partial charge in [-0.25, -0.2) is 0 Å². The van der Waals surface area contributed by atoms with Crippen LogP contribution in [0.1, 0.15) is 63.9 Å². The third-order valence-corrected chi connectivity index (χ3v) is 4.31. The summed E-state index contributed by atoms with van der Waals surface area (Å²) >= 11 is 0. The normalized spacial score (nSPS) is 10.8. The number of benzene rings is 1. The van der Waals surface area contributed by atoms with Crippen LogP contribution in [0.15, 0.2) is 42.6 Å². The van der Waals surface area contributed by atoms with Crippen molar-refractivity contribution in [3.63, 3.8) is 0 Å². The first-order valence-electron chi connectivity index (χ1n) is 9.04. The van der Waals surface area contributed by atoms with Crippen molar-refractivity contribution in [1.82, 2.24) is 4.98 Å². The second kappa shape index (κ2) is 10.0. The molecule has 1 heterocycles. The molecule has 0 unspecified atom stereocenters. The van der Waals surface area contributed by atoms with E-state index in [1.807, 2.05) is 18.3 Å². The van der Waals surface area contributed by atoms with Gasteiger partial charge in [0, 0.05) is 11.8 Å². The van der Waals surface area contributed by atoms with Crippen molar-refractivity contribution in [2.24, 2.45) is 0 Å². The molecule has 0 atom stereocenters. The van der Waals surface area contributed by atoms with Crippen LogP contribution in [0.4, 0.5) is 0 Å². The van der Waals surface area contributed by atoms with E-state index in [0.29, 0.717) is 5.75 Å². The van der Waals surface area contributed by atoms with Crippen molar-refractivity contribution in [2.45, 2.75) is 64.7 Å². The van der Waals surface area contributed by atoms with Gasteiger partial charge < -0.3 is 5.11 Å². The summed E-state index contributed by atoms with van der Waals surface area (Å²) in [4.78, 5) is 4.55. The van der Waals surface area contributed by atoms with Gasteiger partial charge in [-0.05, 0) is 48.7 Å². The number of rotatable bonds is 10. The summed E-state index contributed by atoms with van der Waals surface area (Å²) in [7, 11) is 0. The first kappa shape index (κ1) is 17.5. The standard InChI is InChI=1S/C21H29NO/c1-2-3-4-5-6-7-8-9-10-18-11-16-21(22-17-18)19-12-14-20(23)15-13-19/h11-17,23H,2-10H2,1H3. The fraction of sp³-hybridized carbons (Fsp3) is 0.476. The molecule has 2 heteroatoms. The van der Waals surface area contributed by atoms with E-state index in [4.69, 9.17) is 0 Å². The van der Waals surface area contributed by atoms with Gasteiger partial charge in [-0.15, -0.1) is 0 Å². The summed E-state index contributed by atoms with van der Waals surface area (Å²) < 4.78 is 0. The minimum atomic E-state index is 0.292. The number of hydrogen-bond acceptors (Lipinski definition) is 2. The van der Waals surface area contributed by atoms with E-state index >= 15 is 0 Å². The molecule has 0 aliphatic carbocycles. The van der Waals surface area contributed by atoms with E-state index in [1.54, 1.807) is 12.1 Å². The van der Waals surface area contributed by atoms with E-state index in [-0.39, 0.29) is 0 Å². The molecule has 124 valence electrons. The van der Waals surface area contributed by atoms with Gasteiger partial charge in [-0.2, -0.15) is 0 Å². The largest absolute Gasteiger partial charge is 0.508 e. The molecule has 2 rings (SSSR count). The van der Waals surface area contributed by atoms with E-state index in [1.165, 1.54) is 56.9 Å². The maximum absolute atomic E-state index is 9.33. The number of aromatic hydroxyl groups is 1. The van der Waals surface area contributed by atoms with Crippen molar-refractivity contribution < 1.29 is 5.11 Å². The highest BCUT2D eigenvalue weighted by molar-refractivity contribution is 5.59. The minimum Gasteiger partial charge on any atom is -0.508 e. The van der Waals surface area contributed by atoms with Crippen LogP contribution in [0.3, 0.4) is 0 Å². The lowest BCUT2D eigenvalue weighted by molar-refractivity contribution is 0.475. The van der Waals surface area contributed by atoms with E-state index in [2.05, 4.69) is 24.0 Å². The first-order valence-corrected chi connectivity index (χ1v) is 9.04. The number of phenols is 1. The van der Waals surface area contributed by atoms with Crippen LogP contribution in [0.5, 0.6) is 5.75 Å². The molecule has 1 aromatic heterocycles. The number of aromatic nitrogens is 1. The number of pyridine rings is 1. The number of aryl methyl sites for hydroxylation is 1. The molecule has 1 aromatic carbocycles. The fourth-order valence-corrected chi connectivity index (χ4v) is 2.84. The average Bonchev–Trinajstić information content (AvgIpc) is 2.59. The average molecular weight is 311 g/mol. The molecule has 0 aliphatic rings. The van der Waals surface area contributed by atoms with Crippen LogP contribution in [0, 0.1) is 0 Å². The van der Waals surface area contributed by atoms with Gasteiger partial charge in [0.15, 0.2) is 0 Å². The van der Waals surface area contributed by atoms with Gasteiger partial charge >= 0.3 is 0 Å². The second-order valence-corrected chi connectivity index (χ2v) is 6.32.